The van der Waals surface area contributed by atoms with E-state index in [-0.39, 0.29) is 0 Å². The lowest BCUT2D eigenvalue weighted by Crippen LogP contribution is -1.82. The van der Waals surface area contributed by atoms with E-state index in [0.717, 1.165) is 19.1 Å². The van der Waals surface area contributed by atoms with Gasteiger partial charge in [-0.1, -0.05) is 63.5 Å². The Labute approximate surface area is 108 Å². The highest BCUT2D eigenvalue weighted by molar-refractivity contribution is 5.48. The number of carbonyl (C=O) groups is 1. The van der Waals surface area contributed by atoms with Crippen LogP contribution in [0.3, 0.4) is 0 Å². The summed E-state index contributed by atoms with van der Waals surface area (Å²) in [7, 11) is 0. The molecular weight excluding hydrogens is 208 g/mol. The summed E-state index contributed by atoms with van der Waals surface area (Å²) >= 11 is 0. The van der Waals surface area contributed by atoms with Crippen molar-refractivity contribution >= 4 is 6.29 Å². The third-order valence-electron chi connectivity index (χ3n) is 3.18. The number of allylic oxidation sites excluding steroid dienone is 2. The third-order valence-corrected chi connectivity index (χ3v) is 3.18. The van der Waals surface area contributed by atoms with Crippen LogP contribution in [0.4, 0.5) is 0 Å². The van der Waals surface area contributed by atoms with Gasteiger partial charge in [-0.3, -0.25) is 0 Å². The first-order valence-electron chi connectivity index (χ1n) is 7.46. The molecule has 100 valence electrons. The van der Waals surface area contributed by atoms with Crippen molar-refractivity contribution in [3.05, 3.63) is 12.2 Å². The normalized spacial score (nSPS) is 11.1. The van der Waals surface area contributed by atoms with E-state index in [1.54, 1.807) is 0 Å². The maximum atomic E-state index is 10.1. The summed E-state index contributed by atoms with van der Waals surface area (Å²) in [4.78, 5) is 10.1. The molecule has 0 bridgehead atoms. The van der Waals surface area contributed by atoms with Gasteiger partial charge in [0, 0.05) is 6.42 Å². The van der Waals surface area contributed by atoms with Gasteiger partial charge in [-0.05, 0) is 26.2 Å². The Morgan fingerprint density at radius 2 is 1.06 bits per heavy atom. The summed E-state index contributed by atoms with van der Waals surface area (Å²) in [5, 5.41) is 0. The van der Waals surface area contributed by atoms with E-state index < -0.39 is 0 Å². The van der Waals surface area contributed by atoms with Crippen molar-refractivity contribution in [2.24, 2.45) is 0 Å². The molecule has 0 unspecified atom stereocenters. The fraction of sp³-hybridized carbons (Fsp3) is 0.812. The SMILES string of the molecule is C/C=C\CCCCCCCCCCCCC=O. The lowest BCUT2D eigenvalue weighted by molar-refractivity contribution is -0.107. The van der Waals surface area contributed by atoms with Crippen molar-refractivity contribution in [2.45, 2.75) is 84.0 Å². The minimum Gasteiger partial charge on any atom is -0.303 e. The first kappa shape index (κ1) is 16.4. The number of carbonyl (C=O) groups excluding carboxylic acids is 1. The molecule has 0 atom stereocenters. The lowest BCUT2D eigenvalue weighted by Gasteiger charge is -2.01. The van der Waals surface area contributed by atoms with Crippen molar-refractivity contribution < 1.29 is 4.79 Å². The zero-order valence-corrected chi connectivity index (χ0v) is 11.6. The molecule has 0 aliphatic carbocycles. The van der Waals surface area contributed by atoms with Crippen LogP contribution < -0.4 is 0 Å². The van der Waals surface area contributed by atoms with Crippen molar-refractivity contribution in [1.29, 1.82) is 0 Å². The molecule has 0 amide bonds. The summed E-state index contributed by atoms with van der Waals surface area (Å²) in [5.74, 6) is 0. The van der Waals surface area contributed by atoms with E-state index in [0.29, 0.717) is 0 Å². The van der Waals surface area contributed by atoms with E-state index in [2.05, 4.69) is 19.1 Å². The lowest BCUT2D eigenvalue weighted by atomic mass is 10.1. The van der Waals surface area contributed by atoms with Crippen LogP contribution in [0, 0.1) is 0 Å². The van der Waals surface area contributed by atoms with E-state index in [1.165, 1.54) is 64.2 Å². The zero-order chi connectivity index (χ0) is 12.6. The number of hydrogen-bond donors (Lipinski definition) is 0. The van der Waals surface area contributed by atoms with Crippen LogP contribution in [-0.4, -0.2) is 6.29 Å². The summed E-state index contributed by atoms with van der Waals surface area (Å²) in [6.45, 7) is 2.09. The van der Waals surface area contributed by atoms with Gasteiger partial charge in [0.25, 0.3) is 0 Å². The highest BCUT2D eigenvalue weighted by Crippen LogP contribution is 2.11. The zero-order valence-electron chi connectivity index (χ0n) is 11.6. The monoisotopic (exact) mass is 238 g/mol. The molecule has 0 rings (SSSR count). The summed E-state index contributed by atoms with van der Waals surface area (Å²) < 4.78 is 0. The quantitative estimate of drug-likeness (QED) is 0.237. The molecule has 0 aromatic carbocycles. The van der Waals surface area contributed by atoms with Gasteiger partial charge in [-0.2, -0.15) is 0 Å². The third kappa shape index (κ3) is 15.4. The number of hydrogen-bond acceptors (Lipinski definition) is 1. The first-order chi connectivity index (χ1) is 8.41. The molecule has 0 saturated carbocycles. The van der Waals surface area contributed by atoms with Gasteiger partial charge in [0.1, 0.15) is 6.29 Å². The summed E-state index contributed by atoms with van der Waals surface area (Å²) in [5.41, 5.74) is 0. The Balaban J connectivity index is 2.91. The van der Waals surface area contributed by atoms with Crippen LogP contribution in [0.25, 0.3) is 0 Å². The molecule has 0 saturated heterocycles. The Morgan fingerprint density at radius 1 is 0.647 bits per heavy atom. The maximum Gasteiger partial charge on any atom is 0.119 e. The minimum absolute atomic E-state index is 0.756. The van der Waals surface area contributed by atoms with Gasteiger partial charge < -0.3 is 4.79 Å². The maximum absolute atomic E-state index is 10.1. The summed E-state index contributed by atoms with van der Waals surface area (Å²) in [6, 6.07) is 0. The first-order valence-corrected chi connectivity index (χ1v) is 7.46. The number of rotatable bonds is 13. The van der Waals surface area contributed by atoms with Crippen LogP contribution >= 0.6 is 0 Å². The Bertz CT molecular complexity index is 172. The molecule has 0 aromatic heterocycles. The predicted octanol–water partition coefficient (Wildman–Crippen LogP) is 5.44. The second-order valence-electron chi connectivity index (χ2n) is 4.85. The van der Waals surface area contributed by atoms with E-state index in [9.17, 15) is 4.79 Å². The molecule has 0 heterocycles. The molecule has 17 heavy (non-hydrogen) atoms. The minimum atomic E-state index is 0.756. The molecule has 0 aliphatic heterocycles. The molecule has 0 fully saturated rings. The van der Waals surface area contributed by atoms with Crippen molar-refractivity contribution in [3.63, 3.8) is 0 Å². The second kappa shape index (κ2) is 15.4. The van der Waals surface area contributed by atoms with Crippen molar-refractivity contribution in [2.75, 3.05) is 0 Å². The Hall–Kier alpha value is -0.590. The van der Waals surface area contributed by atoms with Crippen LogP contribution in [-0.2, 0) is 4.79 Å². The molecule has 0 spiro atoms. The molecule has 1 heteroatoms. The van der Waals surface area contributed by atoms with Gasteiger partial charge in [-0.15, -0.1) is 0 Å². The Kier molecular flexibility index (Phi) is 14.9. The molecule has 0 aromatic rings. The van der Waals surface area contributed by atoms with Crippen molar-refractivity contribution in [3.8, 4) is 0 Å². The number of unbranched alkanes of at least 4 members (excludes halogenated alkanes) is 11. The average Bonchev–Trinajstić information content (AvgIpc) is 2.35. The van der Waals surface area contributed by atoms with Crippen LogP contribution in [0.5, 0.6) is 0 Å². The molecule has 0 N–H and O–H groups in total. The molecule has 0 aliphatic rings. The topological polar surface area (TPSA) is 17.1 Å². The molecule has 0 radical (unpaired) electrons. The van der Waals surface area contributed by atoms with Crippen LogP contribution in [0.2, 0.25) is 0 Å². The van der Waals surface area contributed by atoms with Gasteiger partial charge >= 0.3 is 0 Å². The van der Waals surface area contributed by atoms with Gasteiger partial charge in [0.15, 0.2) is 0 Å². The van der Waals surface area contributed by atoms with Crippen LogP contribution in [0.15, 0.2) is 12.2 Å². The molecular formula is C16H30O. The Morgan fingerprint density at radius 3 is 1.47 bits per heavy atom. The summed E-state index contributed by atoms with van der Waals surface area (Å²) in [6.07, 6.45) is 20.8. The highest BCUT2D eigenvalue weighted by Gasteiger charge is 1.92. The smallest absolute Gasteiger partial charge is 0.119 e. The van der Waals surface area contributed by atoms with Gasteiger partial charge in [-0.25, -0.2) is 0 Å². The molecule has 1 nitrogen and oxygen atoms in total. The van der Waals surface area contributed by atoms with Crippen molar-refractivity contribution in [1.82, 2.24) is 0 Å². The average molecular weight is 238 g/mol. The van der Waals surface area contributed by atoms with E-state index in [4.69, 9.17) is 0 Å². The van der Waals surface area contributed by atoms with Crippen LogP contribution in [0.1, 0.15) is 84.0 Å². The van der Waals surface area contributed by atoms with E-state index >= 15 is 0 Å². The van der Waals surface area contributed by atoms with E-state index in [1.807, 2.05) is 0 Å². The fourth-order valence-electron chi connectivity index (χ4n) is 2.07. The predicted molar refractivity (Wildman–Crippen MR) is 76.3 cm³/mol. The van der Waals surface area contributed by atoms with Gasteiger partial charge in [0.05, 0.1) is 0 Å². The van der Waals surface area contributed by atoms with Gasteiger partial charge in [0.2, 0.25) is 0 Å². The largest absolute Gasteiger partial charge is 0.303 e. The second-order valence-corrected chi connectivity index (χ2v) is 4.85. The standard InChI is InChI=1S/C16H30O/c1-2-3-4-5-6-7-8-9-10-11-12-13-14-15-16-17/h2-3,16H,4-15H2,1H3/b3-2-. The fourth-order valence-corrected chi connectivity index (χ4v) is 2.07. The number of aldehydes is 1. The highest BCUT2D eigenvalue weighted by atomic mass is 16.1.